The Bertz CT molecular complexity index is 430. The van der Waals surface area contributed by atoms with Crippen molar-refractivity contribution in [1.82, 2.24) is 9.80 Å². The van der Waals surface area contributed by atoms with Crippen LogP contribution in [0.4, 0.5) is 0 Å². The zero-order valence-electron chi connectivity index (χ0n) is 12.6. The summed E-state index contributed by atoms with van der Waals surface area (Å²) < 4.78 is 0. The van der Waals surface area contributed by atoms with E-state index in [4.69, 9.17) is 5.73 Å². The molecule has 1 amide bonds. The largest absolute Gasteiger partial charge is 0.337 e. The van der Waals surface area contributed by atoms with Gasteiger partial charge in [0.2, 0.25) is 5.91 Å². The number of carbonyl (C=O) groups excluding carboxylic acids is 1. The highest BCUT2D eigenvalue weighted by atomic mass is 35.5. The molecule has 0 spiro atoms. The molecule has 2 N–H and O–H groups in total. The number of rotatable bonds is 3. The maximum atomic E-state index is 12.7. The van der Waals surface area contributed by atoms with Gasteiger partial charge in [0, 0.05) is 32.2 Å². The van der Waals surface area contributed by atoms with E-state index in [-0.39, 0.29) is 42.7 Å². The van der Waals surface area contributed by atoms with Crippen molar-refractivity contribution >= 4 is 30.7 Å². The van der Waals surface area contributed by atoms with E-state index in [9.17, 15) is 4.79 Å². The molecule has 6 heteroatoms. The molecule has 1 aromatic carbocycles. The summed E-state index contributed by atoms with van der Waals surface area (Å²) in [6.45, 7) is 5.12. The van der Waals surface area contributed by atoms with E-state index >= 15 is 0 Å². The number of nitrogens with two attached hydrogens (primary N) is 1. The van der Waals surface area contributed by atoms with Crippen molar-refractivity contribution in [3.63, 3.8) is 0 Å². The Morgan fingerprint density at radius 2 is 1.90 bits per heavy atom. The summed E-state index contributed by atoms with van der Waals surface area (Å²) in [5, 5.41) is 0. The van der Waals surface area contributed by atoms with Gasteiger partial charge in [0.05, 0.1) is 5.92 Å². The van der Waals surface area contributed by atoms with Gasteiger partial charge in [-0.05, 0) is 19.5 Å². The van der Waals surface area contributed by atoms with Crippen LogP contribution in [0.15, 0.2) is 30.3 Å². The quantitative estimate of drug-likeness (QED) is 0.916. The Morgan fingerprint density at radius 3 is 2.43 bits per heavy atom. The fourth-order valence-electron chi connectivity index (χ4n) is 2.73. The molecule has 120 valence electrons. The van der Waals surface area contributed by atoms with E-state index in [0.29, 0.717) is 6.54 Å². The minimum atomic E-state index is -0.216. The van der Waals surface area contributed by atoms with E-state index in [1.165, 1.54) is 0 Å². The number of likely N-dealkylation sites (N-methyl/N-ethyl adjacent to an activating group) is 1. The van der Waals surface area contributed by atoms with Crippen LogP contribution >= 0.6 is 24.8 Å². The van der Waals surface area contributed by atoms with Gasteiger partial charge in [0.1, 0.15) is 0 Å². The van der Waals surface area contributed by atoms with Crippen LogP contribution in [0.25, 0.3) is 0 Å². The summed E-state index contributed by atoms with van der Waals surface area (Å²) in [5.41, 5.74) is 6.84. The predicted molar refractivity (Wildman–Crippen MR) is 91.4 cm³/mol. The number of amides is 1. The lowest BCUT2D eigenvalue weighted by molar-refractivity contribution is -0.136. The molecular weight excluding hydrogens is 309 g/mol. The first-order valence-corrected chi connectivity index (χ1v) is 6.87. The summed E-state index contributed by atoms with van der Waals surface area (Å²) in [7, 11) is 2.09. The van der Waals surface area contributed by atoms with Crippen molar-refractivity contribution in [3.05, 3.63) is 35.9 Å². The van der Waals surface area contributed by atoms with Crippen molar-refractivity contribution in [2.75, 3.05) is 33.2 Å². The average Bonchev–Trinajstić information content (AvgIpc) is 2.40. The van der Waals surface area contributed by atoms with Gasteiger partial charge in [-0.2, -0.15) is 0 Å². The molecule has 0 aliphatic carbocycles. The Morgan fingerprint density at radius 1 is 1.29 bits per heavy atom. The van der Waals surface area contributed by atoms with E-state index in [1.807, 2.05) is 35.2 Å². The van der Waals surface area contributed by atoms with Crippen molar-refractivity contribution in [1.29, 1.82) is 0 Å². The molecule has 1 aliphatic heterocycles. The summed E-state index contributed by atoms with van der Waals surface area (Å²) in [5.74, 6) is -0.0543. The second-order valence-electron chi connectivity index (χ2n) is 5.34. The summed E-state index contributed by atoms with van der Waals surface area (Å²) in [4.78, 5) is 16.9. The Kier molecular flexibility index (Phi) is 8.90. The third kappa shape index (κ3) is 4.85. The van der Waals surface area contributed by atoms with Gasteiger partial charge in [0.25, 0.3) is 0 Å². The third-order valence-electron chi connectivity index (χ3n) is 3.85. The molecule has 0 saturated carbocycles. The number of halogens is 2. The van der Waals surface area contributed by atoms with Crippen LogP contribution in [0.5, 0.6) is 0 Å². The van der Waals surface area contributed by atoms with Crippen LogP contribution in [-0.2, 0) is 4.79 Å². The summed E-state index contributed by atoms with van der Waals surface area (Å²) in [6.07, 6.45) is 0. The molecule has 1 fully saturated rings. The molecule has 4 nitrogen and oxygen atoms in total. The second kappa shape index (κ2) is 9.26. The Labute approximate surface area is 139 Å². The standard InChI is InChI=1S/C15H23N3O.2ClH/c1-12-11-17(2)8-9-18(12)15(19)14(10-16)13-6-4-3-5-7-13;;/h3-7,12,14H,8-11,16H2,1-2H3;2*1H. The van der Waals surface area contributed by atoms with Crippen LogP contribution < -0.4 is 5.73 Å². The van der Waals surface area contributed by atoms with Crippen molar-refractivity contribution in [3.8, 4) is 0 Å². The first-order valence-electron chi connectivity index (χ1n) is 6.87. The molecule has 1 aromatic rings. The number of piperazine rings is 1. The van der Waals surface area contributed by atoms with E-state index in [2.05, 4.69) is 18.9 Å². The fourth-order valence-corrected chi connectivity index (χ4v) is 2.73. The molecule has 0 radical (unpaired) electrons. The van der Waals surface area contributed by atoms with Crippen LogP contribution in [0.3, 0.4) is 0 Å². The number of hydrogen-bond acceptors (Lipinski definition) is 3. The van der Waals surface area contributed by atoms with Crippen LogP contribution in [0.2, 0.25) is 0 Å². The highest BCUT2D eigenvalue weighted by Crippen LogP contribution is 2.20. The van der Waals surface area contributed by atoms with Crippen molar-refractivity contribution < 1.29 is 4.79 Å². The monoisotopic (exact) mass is 333 g/mol. The maximum Gasteiger partial charge on any atom is 0.231 e. The van der Waals surface area contributed by atoms with Gasteiger partial charge in [0.15, 0.2) is 0 Å². The minimum absolute atomic E-state index is 0. The zero-order valence-corrected chi connectivity index (χ0v) is 14.2. The first kappa shape index (κ1) is 20.2. The lowest BCUT2D eigenvalue weighted by Crippen LogP contribution is -2.54. The topological polar surface area (TPSA) is 49.6 Å². The highest BCUT2D eigenvalue weighted by molar-refractivity contribution is 5.85. The molecular formula is C15H25Cl2N3O. The molecule has 21 heavy (non-hydrogen) atoms. The van der Waals surface area contributed by atoms with Crippen molar-refractivity contribution in [2.45, 2.75) is 18.9 Å². The van der Waals surface area contributed by atoms with E-state index < -0.39 is 0 Å². The average molecular weight is 334 g/mol. The second-order valence-corrected chi connectivity index (χ2v) is 5.34. The van der Waals surface area contributed by atoms with E-state index in [0.717, 1.165) is 25.2 Å². The van der Waals surface area contributed by atoms with Gasteiger partial charge in [-0.3, -0.25) is 4.79 Å². The molecule has 0 aromatic heterocycles. The molecule has 1 heterocycles. The molecule has 2 rings (SSSR count). The number of nitrogens with zero attached hydrogens (tertiary/aromatic N) is 2. The third-order valence-corrected chi connectivity index (χ3v) is 3.85. The fraction of sp³-hybridized carbons (Fsp3) is 0.533. The predicted octanol–water partition coefficient (Wildman–Crippen LogP) is 1.74. The molecule has 2 atom stereocenters. The van der Waals surface area contributed by atoms with Crippen LogP contribution in [-0.4, -0.2) is 55.0 Å². The van der Waals surface area contributed by atoms with Crippen molar-refractivity contribution in [2.24, 2.45) is 5.73 Å². The first-order chi connectivity index (χ1) is 9.13. The molecule has 0 bridgehead atoms. The Balaban J connectivity index is 0.00000200. The van der Waals surface area contributed by atoms with Gasteiger partial charge in [-0.25, -0.2) is 0 Å². The number of carbonyl (C=O) groups is 1. The minimum Gasteiger partial charge on any atom is -0.337 e. The lowest BCUT2D eigenvalue weighted by Gasteiger charge is -2.39. The Hall–Kier alpha value is -0.810. The van der Waals surface area contributed by atoms with Crippen LogP contribution in [0.1, 0.15) is 18.4 Å². The van der Waals surface area contributed by atoms with Gasteiger partial charge in [-0.1, -0.05) is 30.3 Å². The zero-order chi connectivity index (χ0) is 13.8. The van der Waals surface area contributed by atoms with Gasteiger partial charge < -0.3 is 15.5 Å². The molecule has 2 unspecified atom stereocenters. The number of benzene rings is 1. The molecule has 1 saturated heterocycles. The summed E-state index contributed by atoms with van der Waals surface area (Å²) >= 11 is 0. The van der Waals surface area contributed by atoms with E-state index in [1.54, 1.807) is 0 Å². The molecule has 1 aliphatic rings. The highest BCUT2D eigenvalue weighted by Gasteiger charge is 2.30. The smallest absolute Gasteiger partial charge is 0.231 e. The number of hydrogen-bond donors (Lipinski definition) is 1. The SMILES string of the molecule is CC1CN(C)CCN1C(=O)C(CN)c1ccccc1.Cl.Cl. The summed E-state index contributed by atoms with van der Waals surface area (Å²) in [6, 6.07) is 10.1. The van der Waals surface area contributed by atoms with Gasteiger partial charge in [-0.15, -0.1) is 24.8 Å². The van der Waals surface area contributed by atoms with Gasteiger partial charge >= 0.3 is 0 Å². The van der Waals surface area contributed by atoms with Crippen LogP contribution in [0, 0.1) is 0 Å². The lowest BCUT2D eigenvalue weighted by atomic mass is 9.96. The normalized spacial score (nSPS) is 20.1. The maximum absolute atomic E-state index is 12.7.